The van der Waals surface area contributed by atoms with Gasteiger partial charge in [-0.05, 0) is 55.0 Å². The van der Waals surface area contributed by atoms with Gasteiger partial charge in [-0.15, -0.1) is 0 Å². The number of rotatable bonds is 8. The van der Waals surface area contributed by atoms with E-state index in [4.69, 9.17) is 4.52 Å². The first kappa shape index (κ1) is 29.2. The van der Waals surface area contributed by atoms with Crippen LogP contribution < -0.4 is 10.6 Å². The third-order valence-corrected chi connectivity index (χ3v) is 7.79. The lowest BCUT2D eigenvalue weighted by atomic mass is 9.87. The Morgan fingerprint density at radius 1 is 1.00 bits per heavy atom. The van der Waals surface area contributed by atoms with Gasteiger partial charge in [-0.3, -0.25) is 14.5 Å². The van der Waals surface area contributed by atoms with E-state index in [2.05, 4.69) is 58.6 Å². The molecule has 1 aliphatic heterocycles. The summed E-state index contributed by atoms with van der Waals surface area (Å²) in [7, 11) is 0. The third-order valence-electron chi connectivity index (χ3n) is 7.79. The summed E-state index contributed by atoms with van der Waals surface area (Å²) in [5, 5.41) is 10.3. The molecule has 8 heteroatoms. The van der Waals surface area contributed by atoms with E-state index < -0.39 is 0 Å². The average molecular weight is 566 g/mol. The van der Waals surface area contributed by atoms with Gasteiger partial charge in [0, 0.05) is 12.1 Å². The lowest BCUT2D eigenvalue weighted by Gasteiger charge is -2.31. The van der Waals surface area contributed by atoms with Crippen LogP contribution in [0.15, 0.2) is 83.4 Å². The zero-order valence-corrected chi connectivity index (χ0v) is 24.8. The van der Waals surface area contributed by atoms with Crippen LogP contribution in [0.1, 0.15) is 74.0 Å². The molecule has 0 radical (unpaired) electrons. The molecule has 2 heterocycles. The molecule has 218 valence electrons. The van der Waals surface area contributed by atoms with Crippen molar-refractivity contribution >= 4 is 17.5 Å². The zero-order chi connectivity index (χ0) is 29.7. The number of amides is 2. The highest BCUT2D eigenvalue weighted by Gasteiger charge is 2.28. The predicted molar refractivity (Wildman–Crippen MR) is 164 cm³/mol. The quantitative estimate of drug-likeness (QED) is 0.257. The van der Waals surface area contributed by atoms with Crippen LogP contribution in [0.2, 0.25) is 0 Å². The Kier molecular flexibility index (Phi) is 8.83. The maximum absolute atomic E-state index is 13.4. The molecule has 1 aliphatic rings. The van der Waals surface area contributed by atoms with Crippen LogP contribution in [0.5, 0.6) is 0 Å². The third kappa shape index (κ3) is 7.12. The van der Waals surface area contributed by atoms with Crippen molar-refractivity contribution in [2.45, 2.75) is 58.5 Å². The molecule has 0 aliphatic carbocycles. The minimum atomic E-state index is -0.229. The first-order valence-corrected chi connectivity index (χ1v) is 14.6. The van der Waals surface area contributed by atoms with Crippen LogP contribution in [-0.4, -0.2) is 39.9 Å². The Hall–Kier alpha value is -4.30. The van der Waals surface area contributed by atoms with Crippen molar-refractivity contribution in [3.8, 4) is 11.4 Å². The molecule has 3 aromatic carbocycles. The molecule has 8 nitrogen and oxygen atoms in total. The van der Waals surface area contributed by atoms with Gasteiger partial charge in [0.05, 0.1) is 29.8 Å². The van der Waals surface area contributed by atoms with Crippen molar-refractivity contribution in [1.29, 1.82) is 0 Å². The normalized spacial score (nSPS) is 16.5. The summed E-state index contributed by atoms with van der Waals surface area (Å²) >= 11 is 0. The average Bonchev–Trinajstić information content (AvgIpc) is 3.46. The van der Waals surface area contributed by atoms with Gasteiger partial charge < -0.3 is 15.2 Å². The summed E-state index contributed by atoms with van der Waals surface area (Å²) in [6.45, 7) is 10.4. The van der Waals surface area contributed by atoms with Gasteiger partial charge in [-0.2, -0.15) is 4.98 Å². The Morgan fingerprint density at radius 3 is 2.45 bits per heavy atom. The fourth-order valence-corrected chi connectivity index (χ4v) is 5.28. The summed E-state index contributed by atoms with van der Waals surface area (Å²) in [6.07, 6.45) is 1.65. The maximum Gasteiger partial charge on any atom is 0.253 e. The van der Waals surface area contributed by atoms with Crippen molar-refractivity contribution in [3.63, 3.8) is 0 Å². The van der Waals surface area contributed by atoms with Crippen LogP contribution in [0, 0.1) is 5.92 Å². The van der Waals surface area contributed by atoms with Crippen LogP contribution in [-0.2, 0) is 16.8 Å². The minimum absolute atomic E-state index is 0.0769. The fraction of sp³-hybridized carbons (Fsp3) is 0.353. The van der Waals surface area contributed by atoms with Crippen LogP contribution >= 0.6 is 0 Å². The summed E-state index contributed by atoms with van der Waals surface area (Å²) < 4.78 is 5.57. The summed E-state index contributed by atoms with van der Waals surface area (Å²) in [6, 6.07) is 25.0. The monoisotopic (exact) mass is 565 g/mol. The number of carbonyl (C=O) groups is 2. The van der Waals surface area contributed by atoms with E-state index in [9.17, 15) is 9.59 Å². The standard InChI is InChI=1S/C34H39N5O3/c1-23(24-11-6-5-7-12-24)35-33(41)28-14-8-9-15-29(28)36-32(40)26-13-10-20-39(21-26)22-30-37-31(38-42-30)25-16-18-27(19-17-25)34(2,3)4/h5-9,11-12,14-19,23,26H,10,13,20-22H2,1-4H3,(H,35,41)(H,36,40). The molecule has 2 atom stereocenters. The summed E-state index contributed by atoms with van der Waals surface area (Å²) in [4.78, 5) is 33.3. The number of anilines is 1. The second-order valence-corrected chi connectivity index (χ2v) is 12.1. The van der Waals surface area contributed by atoms with E-state index in [-0.39, 0.29) is 29.2 Å². The fourth-order valence-electron chi connectivity index (χ4n) is 5.28. The number of para-hydroxylation sites is 1. The second kappa shape index (κ2) is 12.7. The number of nitrogens with one attached hydrogen (secondary N) is 2. The van der Waals surface area contributed by atoms with E-state index in [0.717, 1.165) is 30.5 Å². The van der Waals surface area contributed by atoms with Gasteiger partial charge in [-0.1, -0.05) is 92.7 Å². The number of likely N-dealkylation sites (tertiary alicyclic amines) is 1. The molecule has 1 aromatic heterocycles. The highest BCUT2D eigenvalue weighted by molar-refractivity contribution is 6.04. The Balaban J connectivity index is 1.19. The number of hydrogen-bond donors (Lipinski definition) is 2. The molecule has 42 heavy (non-hydrogen) atoms. The van der Waals surface area contributed by atoms with Crippen molar-refractivity contribution in [2.24, 2.45) is 5.92 Å². The Labute approximate surface area is 247 Å². The van der Waals surface area contributed by atoms with Crippen LogP contribution in [0.3, 0.4) is 0 Å². The molecule has 4 aromatic rings. The van der Waals surface area contributed by atoms with Gasteiger partial charge in [0.15, 0.2) is 0 Å². The van der Waals surface area contributed by atoms with Crippen molar-refractivity contribution in [2.75, 3.05) is 18.4 Å². The van der Waals surface area contributed by atoms with Gasteiger partial charge in [0.25, 0.3) is 5.91 Å². The lowest BCUT2D eigenvalue weighted by molar-refractivity contribution is -0.121. The maximum atomic E-state index is 13.4. The van der Waals surface area contributed by atoms with Crippen molar-refractivity contribution in [3.05, 3.63) is 101 Å². The van der Waals surface area contributed by atoms with E-state index >= 15 is 0 Å². The molecular formula is C34H39N5O3. The van der Waals surface area contributed by atoms with Gasteiger partial charge in [0.2, 0.25) is 17.6 Å². The number of nitrogens with zero attached hydrogens (tertiary/aromatic N) is 3. The van der Waals surface area contributed by atoms with E-state index in [1.165, 1.54) is 5.56 Å². The largest absolute Gasteiger partial charge is 0.345 e. The number of piperidine rings is 1. The molecule has 2 unspecified atom stereocenters. The van der Waals surface area contributed by atoms with E-state index in [0.29, 0.717) is 36.1 Å². The Bertz CT molecular complexity index is 1510. The molecule has 2 N–H and O–H groups in total. The predicted octanol–water partition coefficient (Wildman–Crippen LogP) is 6.38. The molecule has 0 saturated carbocycles. The highest BCUT2D eigenvalue weighted by atomic mass is 16.5. The molecule has 1 fully saturated rings. The SMILES string of the molecule is CC(NC(=O)c1ccccc1NC(=O)C1CCCN(Cc2nc(-c3ccc(C(C)(C)C)cc3)no2)C1)c1ccccc1. The molecule has 0 spiro atoms. The van der Waals surface area contributed by atoms with Crippen molar-refractivity contribution < 1.29 is 14.1 Å². The molecule has 1 saturated heterocycles. The smallest absolute Gasteiger partial charge is 0.253 e. The van der Waals surface area contributed by atoms with E-state index in [1.807, 2.05) is 55.5 Å². The van der Waals surface area contributed by atoms with E-state index in [1.54, 1.807) is 18.2 Å². The Morgan fingerprint density at radius 2 is 1.71 bits per heavy atom. The number of aromatic nitrogens is 2. The van der Waals surface area contributed by atoms with Gasteiger partial charge in [0.1, 0.15) is 0 Å². The summed E-state index contributed by atoms with van der Waals surface area (Å²) in [5.74, 6) is 0.549. The highest BCUT2D eigenvalue weighted by Crippen LogP contribution is 2.26. The van der Waals surface area contributed by atoms with Crippen molar-refractivity contribution in [1.82, 2.24) is 20.4 Å². The van der Waals surface area contributed by atoms with Crippen LogP contribution in [0.4, 0.5) is 5.69 Å². The lowest BCUT2D eigenvalue weighted by Crippen LogP contribution is -2.40. The number of benzene rings is 3. The molecule has 0 bridgehead atoms. The topological polar surface area (TPSA) is 100 Å². The number of carbonyl (C=O) groups excluding carboxylic acids is 2. The zero-order valence-electron chi connectivity index (χ0n) is 24.8. The first-order chi connectivity index (χ1) is 20.2. The van der Waals surface area contributed by atoms with Gasteiger partial charge >= 0.3 is 0 Å². The van der Waals surface area contributed by atoms with Crippen LogP contribution in [0.25, 0.3) is 11.4 Å². The second-order valence-electron chi connectivity index (χ2n) is 12.1. The molecular weight excluding hydrogens is 526 g/mol. The number of hydrogen-bond acceptors (Lipinski definition) is 6. The molecule has 5 rings (SSSR count). The minimum Gasteiger partial charge on any atom is -0.345 e. The first-order valence-electron chi connectivity index (χ1n) is 14.6. The van der Waals surface area contributed by atoms with Gasteiger partial charge in [-0.25, -0.2) is 0 Å². The molecule has 2 amide bonds. The summed E-state index contributed by atoms with van der Waals surface area (Å²) in [5.41, 5.74) is 4.20.